The lowest BCUT2D eigenvalue weighted by Gasteiger charge is -2.31. The largest absolute Gasteiger partial charge is 0.353 e. The minimum atomic E-state index is 0.240. The average Bonchev–Trinajstić information content (AvgIpc) is 2.42. The van der Waals surface area contributed by atoms with Gasteiger partial charge in [-0.3, -0.25) is 4.79 Å². The van der Waals surface area contributed by atoms with Crippen LogP contribution in [0, 0.1) is 11.8 Å². The van der Waals surface area contributed by atoms with Crippen LogP contribution in [0.3, 0.4) is 0 Å². The molecule has 3 nitrogen and oxygen atoms in total. The van der Waals surface area contributed by atoms with Gasteiger partial charge in [0.05, 0.1) is 0 Å². The van der Waals surface area contributed by atoms with Gasteiger partial charge in [0.25, 0.3) is 0 Å². The number of piperidine rings is 1. The first-order chi connectivity index (χ1) is 9.16. The lowest BCUT2D eigenvalue weighted by molar-refractivity contribution is -0.123. The summed E-state index contributed by atoms with van der Waals surface area (Å²) in [7, 11) is 0. The van der Waals surface area contributed by atoms with Gasteiger partial charge in [0.15, 0.2) is 0 Å². The number of nitrogens with one attached hydrogen (secondary N) is 2. The van der Waals surface area contributed by atoms with Crippen molar-refractivity contribution in [1.82, 2.24) is 10.6 Å². The Balaban J connectivity index is 1.73. The summed E-state index contributed by atoms with van der Waals surface area (Å²) in [5.41, 5.74) is 0. The highest BCUT2D eigenvalue weighted by Crippen LogP contribution is 2.26. The number of carbonyl (C=O) groups excluding carboxylic acids is 1. The van der Waals surface area contributed by atoms with Crippen LogP contribution in [-0.2, 0) is 4.79 Å². The van der Waals surface area contributed by atoms with Gasteiger partial charge < -0.3 is 10.6 Å². The molecule has 110 valence electrons. The van der Waals surface area contributed by atoms with Crippen LogP contribution in [0.25, 0.3) is 0 Å². The molecule has 3 heteroatoms. The number of amides is 1. The van der Waals surface area contributed by atoms with Crippen molar-refractivity contribution in [2.24, 2.45) is 11.8 Å². The standard InChI is InChI=1S/C16H30N2O/c1-12-7-6-10-17-15(12)11-16(19)18-13(2)14-8-4-3-5-9-14/h12-15,17H,3-11H2,1-2H3,(H,18,19). The molecule has 2 rings (SSSR count). The highest BCUT2D eigenvalue weighted by molar-refractivity contribution is 5.76. The second kappa shape index (κ2) is 7.28. The molecule has 0 radical (unpaired) electrons. The summed E-state index contributed by atoms with van der Waals surface area (Å²) in [6.07, 6.45) is 9.79. The van der Waals surface area contributed by atoms with Gasteiger partial charge in [0, 0.05) is 18.5 Å². The molecular formula is C16H30N2O. The quantitative estimate of drug-likeness (QED) is 0.821. The van der Waals surface area contributed by atoms with Crippen LogP contribution >= 0.6 is 0 Å². The van der Waals surface area contributed by atoms with Crippen LogP contribution in [0.5, 0.6) is 0 Å². The van der Waals surface area contributed by atoms with Gasteiger partial charge in [0.2, 0.25) is 5.91 Å². The van der Waals surface area contributed by atoms with Crippen molar-refractivity contribution in [2.45, 2.75) is 77.3 Å². The molecule has 0 aromatic heterocycles. The maximum atomic E-state index is 12.2. The summed E-state index contributed by atoms with van der Waals surface area (Å²) in [5, 5.41) is 6.73. The summed E-state index contributed by atoms with van der Waals surface area (Å²) < 4.78 is 0. The average molecular weight is 266 g/mol. The normalized spacial score (nSPS) is 30.8. The fraction of sp³-hybridized carbons (Fsp3) is 0.938. The van der Waals surface area contributed by atoms with Crippen molar-refractivity contribution in [2.75, 3.05) is 6.54 Å². The SMILES string of the molecule is CC1CCCNC1CC(=O)NC(C)C1CCCCC1. The summed E-state index contributed by atoms with van der Waals surface area (Å²) in [5.74, 6) is 1.57. The molecule has 2 fully saturated rings. The van der Waals surface area contributed by atoms with Gasteiger partial charge in [0.1, 0.15) is 0 Å². The number of hydrogen-bond donors (Lipinski definition) is 2. The smallest absolute Gasteiger partial charge is 0.221 e. The number of carbonyl (C=O) groups is 1. The zero-order valence-electron chi connectivity index (χ0n) is 12.6. The van der Waals surface area contributed by atoms with E-state index >= 15 is 0 Å². The summed E-state index contributed by atoms with van der Waals surface area (Å²) in [6, 6.07) is 0.735. The summed E-state index contributed by atoms with van der Waals surface area (Å²) >= 11 is 0. The molecule has 2 N–H and O–H groups in total. The molecule has 1 aliphatic carbocycles. The molecule has 0 aromatic carbocycles. The Morgan fingerprint density at radius 3 is 2.63 bits per heavy atom. The van der Waals surface area contributed by atoms with Crippen molar-refractivity contribution in [3.8, 4) is 0 Å². The van der Waals surface area contributed by atoms with Crippen LogP contribution in [0.1, 0.15) is 65.2 Å². The first-order valence-corrected chi connectivity index (χ1v) is 8.19. The zero-order valence-corrected chi connectivity index (χ0v) is 12.6. The molecule has 1 heterocycles. The number of rotatable bonds is 4. The fourth-order valence-corrected chi connectivity index (χ4v) is 3.65. The zero-order chi connectivity index (χ0) is 13.7. The molecule has 0 spiro atoms. The molecule has 19 heavy (non-hydrogen) atoms. The second-order valence-electron chi connectivity index (χ2n) is 6.64. The third-order valence-corrected chi connectivity index (χ3v) is 5.08. The Hall–Kier alpha value is -0.570. The first kappa shape index (κ1) is 14.8. The predicted molar refractivity (Wildman–Crippen MR) is 79.0 cm³/mol. The van der Waals surface area contributed by atoms with Crippen LogP contribution < -0.4 is 10.6 Å². The molecular weight excluding hydrogens is 236 g/mol. The van der Waals surface area contributed by atoms with E-state index in [9.17, 15) is 4.79 Å². The van der Waals surface area contributed by atoms with Crippen molar-refractivity contribution >= 4 is 5.91 Å². The molecule has 1 saturated carbocycles. The van der Waals surface area contributed by atoms with E-state index in [-0.39, 0.29) is 5.91 Å². The van der Waals surface area contributed by atoms with E-state index < -0.39 is 0 Å². The van der Waals surface area contributed by atoms with Gasteiger partial charge in [-0.05, 0) is 51.0 Å². The lowest BCUT2D eigenvalue weighted by atomic mass is 9.84. The minimum Gasteiger partial charge on any atom is -0.353 e. The monoisotopic (exact) mass is 266 g/mol. The molecule has 1 saturated heterocycles. The fourth-order valence-electron chi connectivity index (χ4n) is 3.65. The van der Waals surface area contributed by atoms with Crippen LogP contribution in [0.15, 0.2) is 0 Å². The molecule has 2 aliphatic rings. The Morgan fingerprint density at radius 1 is 1.21 bits per heavy atom. The van der Waals surface area contributed by atoms with Crippen molar-refractivity contribution < 1.29 is 4.79 Å². The van der Waals surface area contributed by atoms with E-state index in [0.717, 1.165) is 6.54 Å². The minimum absolute atomic E-state index is 0.240. The molecule has 0 aromatic rings. The van der Waals surface area contributed by atoms with E-state index in [1.807, 2.05) is 0 Å². The van der Waals surface area contributed by atoms with E-state index in [1.165, 1.54) is 44.9 Å². The van der Waals surface area contributed by atoms with Crippen molar-refractivity contribution in [1.29, 1.82) is 0 Å². The van der Waals surface area contributed by atoms with E-state index in [4.69, 9.17) is 0 Å². The lowest BCUT2D eigenvalue weighted by Crippen LogP contribution is -2.46. The second-order valence-corrected chi connectivity index (χ2v) is 6.64. The van der Waals surface area contributed by atoms with E-state index in [0.29, 0.717) is 30.3 Å². The summed E-state index contributed by atoms with van der Waals surface area (Å²) in [6.45, 7) is 5.51. The van der Waals surface area contributed by atoms with E-state index in [1.54, 1.807) is 0 Å². The number of hydrogen-bond acceptors (Lipinski definition) is 2. The molecule has 3 unspecified atom stereocenters. The maximum Gasteiger partial charge on any atom is 0.221 e. The molecule has 3 atom stereocenters. The van der Waals surface area contributed by atoms with Gasteiger partial charge in [-0.15, -0.1) is 0 Å². The van der Waals surface area contributed by atoms with Crippen molar-refractivity contribution in [3.05, 3.63) is 0 Å². The van der Waals surface area contributed by atoms with Crippen molar-refractivity contribution in [3.63, 3.8) is 0 Å². The molecule has 1 aliphatic heterocycles. The Morgan fingerprint density at radius 2 is 1.95 bits per heavy atom. The first-order valence-electron chi connectivity index (χ1n) is 8.19. The highest BCUT2D eigenvalue weighted by atomic mass is 16.1. The topological polar surface area (TPSA) is 41.1 Å². The molecule has 1 amide bonds. The summed E-state index contributed by atoms with van der Waals surface area (Å²) in [4.78, 5) is 12.2. The predicted octanol–water partition coefficient (Wildman–Crippen LogP) is 2.85. The van der Waals surface area contributed by atoms with Gasteiger partial charge in [-0.1, -0.05) is 26.2 Å². The maximum absolute atomic E-state index is 12.2. The van der Waals surface area contributed by atoms with Crippen LogP contribution in [0.2, 0.25) is 0 Å². The van der Waals surface area contributed by atoms with Gasteiger partial charge in [-0.25, -0.2) is 0 Å². The third kappa shape index (κ3) is 4.48. The van der Waals surface area contributed by atoms with Crippen LogP contribution in [-0.4, -0.2) is 24.5 Å². The Labute approximate surface area is 117 Å². The third-order valence-electron chi connectivity index (χ3n) is 5.08. The highest BCUT2D eigenvalue weighted by Gasteiger charge is 2.25. The van der Waals surface area contributed by atoms with Gasteiger partial charge >= 0.3 is 0 Å². The Bertz CT molecular complexity index is 286. The van der Waals surface area contributed by atoms with E-state index in [2.05, 4.69) is 24.5 Å². The van der Waals surface area contributed by atoms with Crippen LogP contribution in [0.4, 0.5) is 0 Å². The molecule has 0 bridgehead atoms. The van der Waals surface area contributed by atoms with Gasteiger partial charge in [-0.2, -0.15) is 0 Å². The Kier molecular flexibility index (Phi) is 5.68.